The predicted molar refractivity (Wildman–Crippen MR) is 92.3 cm³/mol. The number of hydrogen-bond acceptors (Lipinski definition) is 6. The molecule has 122 valence electrons. The van der Waals surface area contributed by atoms with Crippen LogP contribution in [0.25, 0.3) is 21.9 Å². The first-order chi connectivity index (χ1) is 11.2. The van der Waals surface area contributed by atoms with Crippen molar-refractivity contribution in [3.8, 4) is 0 Å². The van der Waals surface area contributed by atoms with Gasteiger partial charge in [-0.05, 0) is 31.9 Å². The average Bonchev–Trinajstić information content (AvgIpc) is 2.89. The molecule has 7 heteroatoms. The Morgan fingerprint density at radius 2 is 2.04 bits per heavy atom. The number of nitrogens with zero attached hydrogens (tertiary/aromatic N) is 3. The van der Waals surface area contributed by atoms with E-state index in [4.69, 9.17) is 22.0 Å². The minimum absolute atomic E-state index is 0.343. The third-order valence-electron chi connectivity index (χ3n) is 3.92. The van der Waals surface area contributed by atoms with Gasteiger partial charge in [-0.2, -0.15) is 0 Å². The Morgan fingerprint density at radius 3 is 2.78 bits per heavy atom. The molecule has 0 bridgehead atoms. The van der Waals surface area contributed by atoms with Crippen LogP contribution in [0.4, 0.5) is 5.82 Å². The maximum absolute atomic E-state index is 6.24. The van der Waals surface area contributed by atoms with Gasteiger partial charge in [0.2, 0.25) is 0 Å². The summed E-state index contributed by atoms with van der Waals surface area (Å²) in [7, 11) is 0. The van der Waals surface area contributed by atoms with E-state index in [0.29, 0.717) is 36.9 Å². The highest BCUT2D eigenvalue weighted by Crippen LogP contribution is 2.29. The molecule has 3 aromatic rings. The van der Waals surface area contributed by atoms with Crippen molar-refractivity contribution in [1.82, 2.24) is 14.6 Å². The molecule has 0 unspecified atom stereocenters. The fraction of sp³-hybridized carbons (Fsp3) is 0.375. The van der Waals surface area contributed by atoms with Gasteiger partial charge in [-0.3, -0.25) is 0 Å². The first kappa shape index (κ1) is 15.5. The Balaban J connectivity index is 2.23. The predicted octanol–water partition coefficient (Wildman–Crippen LogP) is 1.31. The molecule has 23 heavy (non-hydrogen) atoms. The lowest BCUT2D eigenvalue weighted by molar-refractivity contribution is 0.127. The van der Waals surface area contributed by atoms with Crippen LogP contribution in [0.2, 0.25) is 0 Å². The van der Waals surface area contributed by atoms with E-state index < -0.39 is 0 Å². The van der Waals surface area contributed by atoms with Crippen LogP contribution < -0.4 is 17.3 Å². The van der Waals surface area contributed by atoms with Gasteiger partial charge in [-0.15, -0.1) is 0 Å². The topological polar surface area (TPSA) is 118 Å². The molecule has 0 saturated carbocycles. The zero-order valence-electron chi connectivity index (χ0n) is 13.2. The summed E-state index contributed by atoms with van der Waals surface area (Å²) in [6.45, 7) is 3.51. The van der Waals surface area contributed by atoms with Crippen LogP contribution in [-0.4, -0.2) is 27.8 Å². The van der Waals surface area contributed by atoms with E-state index in [2.05, 4.69) is 16.0 Å². The van der Waals surface area contributed by atoms with Crippen molar-refractivity contribution >= 4 is 27.8 Å². The molecule has 0 aliphatic rings. The van der Waals surface area contributed by atoms with E-state index in [1.165, 1.54) is 0 Å². The van der Waals surface area contributed by atoms with E-state index >= 15 is 0 Å². The zero-order chi connectivity index (χ0) is 16.4. The van der Waals surface area contributed by atoms with Crippen LogP contribution >= 0.6 is 0 Å². The Morgan fingerprint density at radius 1 is 1.22 bits per heavy atom. The summed E-state index contributed by atoms with van der Waals surface area (Å²) >= 11 is 0. The van der Waals surface area contributed by atoms with Gasteiger partial charge < -0.3 is 22.0 Å². The molecule has 0 radical (unpaired) electrons. The third-order valence-corrected chi connectivity index (χ3v) is 3.92. The number of rotatable bonds is 6. The third kappa shape index (κ3) is 2.69. The van der Waals surface area contributed by atoms with Crippen LogP contribution in [0.15, 0.2) is 18.2 Å². The zero-order valence-corrected chi connectivity index (χ0v) is 13.2. The molecule has 0 atom stereocenters. The lowest BCUT2D eigenvalue weighted by Crippen LogP contribution is -2.14. The maximum Gasteiger partial charge on any atom is 0.154 e. The summed E-state index contributed by atoms with van der Waals surface area (Å²) in [6.07, 6.45) is 1.76. The summed E-state index contributed by atoms with van der Waals surface area (Å²) in [5.41, 5.74) is 15.1. The van der Waals surface area contributed by atoms with E-state index in [1.54, 1.807) is 4.68 Å². The molecule has 0 amide bonds. The molecular weight excluding hydrogens is 292 g/mol. The number of aromatic nitrogens is 3. The largest absolute Gasteiger partial charge is 0.382 e. The SMILES string of the molecule is CCOCc1nc2c(N)nc3c(CCCN)cccc3c2n1N. The van der Waals surface area contributed by atoms with Crippen molar-refractivity contribution in [1.29, 1.82) is 0 Å². The van der Waals surface area contributed by atoms with Crippen LogP contribution in [0, 0.1) is 0 Å². The number of aryl methyl sites for hydroxylation is 1. The number of ether oxygens (including phenoxy) is 1. The summed E-state index contributed by atoms with van der Waals surface area (Å²) in [4.78, 5) is 9.05. The second-order valence-electron chi connectivity index (χ2n) is 5.43. The number of imidazole rings is 1. The lowest BCUT2D eigenvalue weighted by atomic mass is 10.0. The number of fused-ring (bicyclic) bond motifs is 3. The van der Waals surface area contributed by atoms with Gasteiger partial charge in [0.25, 0.3) is 0 Å². The maximum atomic E-state index is 6.24. The van der Waals surface area contributed by atoms with Crippen LogP contribution in [0.1, 0.15) is 24.7 Å². The molecule has 0 fully saturated rings. The molecule has 6 N–H and O–H groups in total. The van der Waals surface area contributed by atoms with E-state index in [1.807, 2.05) is 19.1 Å². The smallest absolute Gasteiger partial charge is 0.154 e. The molecule has 0 aliphatic heterocycles. The molecule has 2 heterocycles. The molecule has 7 nitrogen and oxygen atoms in total. The molecule has 2 aromatic heterocycles. The van der Waals surface area contributed by atoms with Crippen molar-refractivity contribution in [3.63, 3.8) is 0 Å². The van der Waals surface area contributed by atoms with Gasteiger partial charge in [0.1, 0.15) is 17.6 Å². The van der Waals surface area contributed by atoms with Crippen molar-refractivity contribution < 1.29 is 4.74 Å². The van der Waals surface area contributed by atoms with E-state index in [0.717, 1.165) is 34.8 Å². The Bertz CT molecular complexity index is 842. The summed E-state index contributed by atoms with van der Waals surface area (Å²) in [6, 6.07) is 6.04. The number of benzene rings is 1. The first-order valence-electron chi connectivity index (χ1n) is 7.78. The van der Waals surface area contributed by atoms with Gasteiger partial charge in [-0.25, -0.2) is 14.6 Å². The lowest BCUT2D eigenvalue weighted by Gasteiger charge is -2.09. The normalized spacial score (nSPS) is 11.6. The number of para-hydroxylation sites is 1. The highest BCUT2D eigenvalue weighted by molar-refractivity contribution is 6.07. The molecule has 3 rings (SSSR count). The van der Waals surface area contributed by atoms with Crippen molar-refractivity contribution in [2.75, 3.05) is 24.7 Å². The quantitative estimate of drug-likeness (QED) is 0.590. The fourth-order valence-corrected chi connectivity index (χ4v) is 2.79. The standard InChI is InChI=1S/C16H22N6O/c1-2-23-9-12-20-14-15(22(12)19)11-7-3-5-10(6-4-8-17)13(11)21-16(14)18/h3,5,7H,2,4,6,8-9,17,19H2,1H3,(H2,18,21). The van der Waals surface area contributed by atoms with Gasteiger partial charge >= 0.3 is 0 Å². The molecule has 0 saturated heterocycles. The molecule has 0 spiro atoms. The highest BCUT2D eigenvalue weighted by Gasteiger charge is 2.17. The monoisotopic (exact) mass is 314 g/mol. The van der Waals surface area contributed by atoms with Crippen LogP contribution in [0.5, 0.6) is 0 Å². The van der Waals surface area contributed by atoms with Crippen molar-refractivity contribution in [2.24, 2.45) is 5.73 Å². The number of anilines is 1. The molecule has 0 aliphatic carbocycles. The molecule has 1 aromatic carbocycles. The Hall–Kier alpha value is -2.38. The minimum Gasteiger partial charge on any atom is -0.382 e. The fourth-order valence-electron chi connectivity index (χ4n) is 2.79. The second kappa shape index (κ2) is 6.39. The van der Waals surface area contributed by atoms with Gasteiger partial charge in [0.15, 0.2) is 11.6 Å². The molecular formula is C16H22N6O. The number of nitrogen functional groups attached to an aromatic ring is 2. The first-order valence-corrected chi connectivity index (χ1v) is 7.78. The van der Waals surface area contributed by atoms with Gasteiger partial charge in [0, 0.05) is 12.0 Å². The van der Waals surface area contributed by atoms with Crippen molar-refractivity contribution in [2.45, 2.75) is 26.4 Å². The highest BCUT2D eigenvalue weighted by atomic mass is 16.5. The number of nitrogens with two attached hydrogens (primary N) is 3. The minimum atomic E-state index is 0.343. The van der Waals surface area contributed by atoms with E-state index in [-0.39, 0.29) is 0 Å². The number of hydrogen-bond donors (Lipinski definition) is 3. The van der Waals surface area contributed by atoms with Crippen LogP contribution in [-0.2, 0) is 17.8 Å². The Kier molecular flexibility index (Phi) is 4.31. The number of pyridine rings is 1. The summed E-state index contributed by atoms with van der Waals surface area (Å²) < 4.78 is 6.97. The van der Waals surface area contributed by atoms with Crippen molar-refractivity contribution in [3.05, 3.63) is 29.6 Å². The Labute approximate surface area is 134 Å². The van der Waals surface area contributed by atoms with Crippen LogP contribution in [0.3, 0.4) is 0 Å². The summed E-state index contributed by atoms with van der Waals surface area (Å²) in [5.74, 6) is 7.25. The summed E-state index contributed by atoms with van der Waals surface area (Å²) in [5, 5.41) is 0.946. The van der Waals surface area contributed by atoms with Gasteiger partial charge in [0.05, 0.1) is 5.52 Å². The van der Waals surface area contributed by atoms with E-state index in [9.17, 15) is 0 Å². The second-order valence-corrected chi connectivity index (χ2v) is 5.43. The average molecular weight is 314 g/mol. The van der Waals surface area contributed by atoms with Gasteiger partial charge in [-0.1, -0.05) is 18.2 Å².